The van der Waals surface area contributed by atoms with E-state index in [-0.39, 0.29) is 11.1 Å². The number of methoxy groups -OCH3 is 1. The predicted molar refractivity (Wildman–Crippen MR) is 121 cm³/mol. The van der Waals surface area contributed by atoms with Gasteiger partial charge in [0.2, 0.25) is 0 Å². The Labute approximate surface area is 187 Å². The molecule has 162 valence electrons. The molecular weight excluding hydrogens is 409 g/mol. The number of benzene rings is 3. The molecule has 0 N–H and O–H groups in total. The van der Waals surface area contributed by atoms with Crippen LogP contribution in [-0.2, 0) is 6.42 Å². The van der Waals surface area contributed by atoms with Gasteiger partial charge < -0.3 is 4.74 Å². The van der Waals surface area contributed by atoms with E-state index in [1.54, 1.807) is 37.4 Å². The highest BCUT2D eigenvalue weighted by Crippen LogP contribution is 2.17. The second-order valence-electron chi connectivity index (χ2n) is 7.31. The smallest absolute Gasteiger partial charge is 0.142 e. The van der Waals surface area contributed by atoms with Crippen LogP contribution in [0.15, 0.2) is 54.6 Å². The zero-order chi connectivity index (χ0) is 22.9. The summed E-state index contributed by atoms with van der Waals surface area (Å²) >= 11 is 0. The van der Waals surface area contributed by atoms with Gasteiger partial charge in [0.15, 0.2) is 0 Å². The van der Waals surface area contributed by atoms with Crippen LogP contribution < -0.4 is 4.74 Å². The van der Waals surface area contributed by atoms with E-state index < -0.39 is 17.5 Å². The average Bonchev–Trinajstić information content (AvgIpc) is 2.78. The van der Waals surface area contributed by atoms with Crippen LogP contribution in [0.4, 0.5) is 13.2 Å². The van der Waals surface area contributed by atoms with Gasteiger partial charge in [0, 0.05) is 11.1 Å². The summed E-state index contributed by atoms with van der Waals surface area (Å²) in [4.78, 5) is 0. The van der Waals surface area contributed by atoms with Crippen molar-refractivity contribution in [2.75, 3.05) is 7.11 Å². The third kappa shape index (κ3) is 6.19. The van der Waals surface area contributed by atoms with Gasteiger partial charge in [-0.05, 0) is 73.0 Å². The number of ether oxygens (including phenoxy) is 1. The van der Waals surface area contributed by atoms with Crippen LogP contribution in [0.25, 0.3) is 0 Å². The van der Waals surface area contributed by atoms with Gasteiger partial charge >= 0.3 is 0 Å². The number of hydrogen-bond acceptors (Lipinski definition) is 1. The third-order valence-corrected chi connectivity index (χ3v) is 4.90. The highest BCUT2D eigenvalue weighted by molar-refractivity contribution is 5.49. The summed E-state index contributed by atoms with van der Waals surface area (Å²) in [6, 6.07) is 14.0. The zero-order valence-electron chi connectivity index (χ0n) is 18.1. The van der Waals surface area contributed by atoms with E-state index >= 15 is 0 Å². The largest absolute Gasteiger partial charge is 0.497 e. The van der Waals surface area contributed by atoms with Gasteiger partial charge in [-0.2, -0.15) is 0 Å². The van der Waals surface area contributed by atoms with Crippen molar-refractivity contribution in [2.24, 2.45) is 0 Å². The Morgan fingerprint density at radius 1 is 0.719 bits per heavy atom. The molecule has 0 aromatic heterocycles. The minimum absolute atomic E-state index is 0.208. The first-order chi connectivity index (χ1) is 15.5. The van der Waals surface area contributed by atoms with Gasteiger partial charge in [-0.15, -0.1) is 0 Å². The van der Waals surface area contributed by atoms with Gasteiger partial charge in [0.25, 0.3) is 0 Å². The van der Waals surface area contributed by atoms with Crippen molar-refractivity contribution in [3.05, 3.63) is 99.9 Å². The monoisotopic (exact) mass is 432 g/mol. The molecule has 0 aliphatic carbocycles. The van der Waals surface area contributed by atoms with Gasteiger partial charge in [0.05, 0.1) is 18.2 Å². The van der Waals surface area contributed by atoms with Crippen LogP contribution in [0.2, 0.25) is 0 Å². The molecule has 0 saturated carbocycles. The van der Waals surface area contributed by atoms with Gasteiger partial charge in [-0.25, -0.2) is 13.2 Å². The van der Waals surface area contributed by atoms with Crippen molar-refractivity contribution < 1.29 is 17.9 Å². The highest BCUT2D eigenvalue weighted by Gasteiger charge is 2.09. The number of halogens is 3. The molecule has 0 aliphatic heterocycles. The fraction of sp³-hybridized carbons (Fsp3) is 0.214. The van der Waals surface area contributed by atoms with E-state index in [9.17, 15) is 13.2 Å². The first kappa shape index (κ1) is 23.0. The molecule has 0 saturated heterocycles. The van der Waals surface area contributed by atoms with E-state index in [4.69, 9.17) is 4.74 Å². The molecule has 0 bridgehead atoms. The molecule has 0 aliphatic rings. The summed E-state index contributed by atoms with van der Waals surface area (Å²) in [6.07, 6.45) is 3.56. The number of unbranched alkanes of at least 4 members (excludes halogenated alkanes) is 2. The standard InChI is InChI=1S/C28H23F3O/c1-3-4-5-6-22-18-27(30)25(28(31)19-22)16-11-21-8-13-23(26(29)17-21)12-7-20-9-14-24(32-2)15-10-20/h8-10,13-15,17-19H,3-6H2,1-2H3. The van der Waals surface area contributed by atoms with Gasteiger partial charge in [0.1, 0.15) is 23.2 Å². The van der Waals surface area contributed by atoms with Crippen LogP contribution >= 0.6 is 0 Å². The van der Waals surface area contributed by atoms with Crippen LogP contribution in [0.1, 0.15) is 54.0 Å². The Morgan fingerprint density at radius 2 is 1.38 bits per heavy atom. The minimum atomic E-state index is -0.702. The number of hydrogen-bond donors (Lipinski definition) is 0. The molecule has 3 aromatic rings. The summed E-state index contributed by atoms with van der Waals surface area (Å²) in [5.74, 6) is 9.55. The Morgan fingerprint density at radius 3 is 2.00 bits per heavy atom. The van der Waals surface area contributed by atoms with Crippen LogP contribution in [0.5, 0.6) is 5.75 Å². The minimum Gasteiger partial charge on any atom is -0.497 e. The summed E-state index contributed by atoms with van der Waals surface area (Å²) in [5.41, 5.74) is 1.54. The first-order valence-electron chi connectivity index (χ1n) is 10.5. The van der Waals surface area contributed by atoms with E-state index in [0.717, 1.165) is 24.8 Å². The van der Waals surface area contributed by atoms with Crippen LogP contribution in [0, 0.1) is 41.1 Å². The van der Waals surface area contributed by atoms with Gasteiger partial charge in [-0.1, -0.05) is 43.4 Å². The lowest BCUT2D eigenvalue weighted by Gasteiger charge is -2.04. The molecule has 1 nitrogen and oxygen atoms in total. The third-order valence-electron chi connectivity index (χ3n) is 4.90. The Kier molecular flexibility index (Phi) is 8.01. The molecule has 0 atom stereocenters. The molecule has 0 fully saturated rings. The molecule has 0 unspecified atom stereocenters. The maximum absolute atomic E-state index is 14.4. The van der Waals surface area contributed by atoms with Crippen molar-refractivity contribution in [3.63, 3.8) is 0 Å². The molecule has 0 radical (unpaired) electrons. The van der Waals surface area contributed by atoms with Crippen molar-refractivity contribution in [1.29, 1.82) is 0 Å². The normalized spacial score (nSPS) is 10.0. The second kappa shape index (κ2) is 11.1. The molecule has 0 amide bonds. The lowest BCUT2D eigenvalue weighted by atomic mass is 10.0. The molecule has 3 rings (SSSR count). The molecule has 0 spiro atoms. The first-order valence-corrected chi connectivity index (χ1v) is 10.5. The highest BCUT2D eigenvalue weighted by atomic mass is 19.1. The lowest BCUT2D eigenvalue weighted by Crippen LogP contribution is -1.95. The van der Waals surface area contributed by atoms with Crippen molar-refractivity contribution in [3.8, 4) is 29.4 Å². The van der Waals surface area contributed by atoms with E-state index in [0.29, 0.717) is 23.3 Å². The average molecular weight is 432 g/mol. The van der Waals surface area contributed by atoms with E-state index in [1.807, 2.05) is 0 Å². The zero-order valence-corrected chi connectivity index (χ0v) is 18.1. The molecular formula is C28H23F3O. The summed E-state index contributed by atoms with van der Waals surface area (Å²) in [6.45, 7) is 2.07. The quantitative estimate of drug-likeness (QED) is 0.324. The van der Waals surface area contributed by atoms with Crippen LogP contribution in [-0.4, -0.2) is 7.11 Å². The Bertz CT molecular complexity index is 1180. The SMILES string of the molecule is CCCCCc1cc(F)c(C#Cc2ccc(C#Cc3ccc(OC)cc3)c(F)c2)c(F)c1. The van der Waals surface area contributed by atoms with Crippen molar-refractivity contribution >= 4 is 0 Å². The molecule has 0 heterocycles. The maximum Gasteiger partial charge on any atom is 0.142 e. The summed E-state index contributed by atoms with van der Waals surface area (Å²) in [5, 5.41) is 0. The van der Waals surface area contributed by atoms with Crippen LogP contribution in [0.3, 0.4) is 0 Å². The van der Waals surface area contributed by atoms with Crippen molar-refractivity contribution in [2.45, 2.75) is 32.6 Å². The fourth-order valence-electron chi connectivity index (χ4n) is 3.11. The molecule has 32 heavy (non-hydrogen) atoms. The van der Waals surface area contributed by atoms with Gasteiger partial charge in [-0.3, -0.25) is 0 Å². The van der Waals surface area contributed by atoms with Crippen molar-refractivity contribution in [1.82, 2.24) is 0 Å². The van der Waals surface area contributed by atoms with E-state index in [1.165, 1.54) is 24.3 Å². The number of aryl methyl sites for hydroxylation is 1. The molecule has 3 aromatic carbocycles. The summed E-state index contributed by atoms with van der Waals surface area (Å²) < 4.78 is 48.2. The maximum atomic E-state index is 14.4. The Hall–Kier alpha value is -3.63. The topological polar surface area (TPSA) is 9.23 Å². The van der Waals surface area contributed by atoms with E-state index in [2.05, 4.69) is 30.6 Å². The molecule has 4 heteroatoms. The Balaban J connectivity index is 1.76. The second-order valence-corrected chi connectivity index (χ2v) is 7.31. The lowest BCUT2D eigenvalue weighted by molar-refractivity contribution is 0.415. The summed E-state index contributed by atoms with van der Waals surface area (Å²) in [7, 11) is 1.58. The fourth-order valence-corrected chi connectivity index (χ4v) is 3.11. The predicted octanol–water partition coefficient (Wildman–Crippen LogP) is 6.64. The number of rotatable bonds is 5.